The van der Waals surface area contributed by atoms with Gasteiger partial charge >= 0.3 is 0 Å². The SMILES string of the molecule is CC(C)(C(Cl)c1cc(F)c(F)cc1Cl)S(C)(=O)=O. The van der Waals surface area contributed by atoms with E-state index < -0.39 is 31.6 Å². The molecule has 0 aliphatic carbocycles. The van der Waals surface area contributed by atoms with Gasteiger partial charge in [-0.1, -0.05) is 11.6 Å². The summed E-state index contributed by atoms with van der Waals surface area (Å²) >= 11 is 11.8. The van der Waals surface area contributed by atoms with Gasteiger partial charge in [-0.15, -0.1) is 11.6 Å². The molecule has 1 aromatic carbocycles. The van der Waals surface area contributed by atoms with Gasteiger partial charge in [0.25, 0.3) is 0 Å². The molecule has 7 heteroatoms. The van der Waals surface area contributed by atoms with Crippen LogP contribution in [0.1, 0.15) is 24.8 Å². The maximum absolute atomic E-state index is 13.2. The summed E-state index contributed by atoms with van der Waals surface area (Å²) in [7, 11) is -3.50. The topological polar surface area (TPSA) is 34.1 Å². The van der Waals surface area contributed by atoms with E-state index in [1.54, 1.807) is 0 Å². The molecule has 0 heterocycles. The molecule has 1 unspecified atom stereocenters. The van der Waals surface area contributed by atoms with Crippen LogP contribution in [-0.2, 0) is 9.84 Å². The number of hydrogen-bond acceptors (Lipinski definition) is 2. The number of rotatable bonds is 3. The zero-order valence-electron chi connectivity index (χ0n) is 9.97. The molecule has 0 aromatic heterocycles. The van der Waals surface area contributed by atoms with Crippen molar-refractivity contribution >= 4 is 33.0 Å². The van der Waals surface area contributed by atoms with Gasteiger partial charge in [-0.05, 0) is 31.5 Å². The van der Waals surface area contributed by atoms with Crippen LogP contribution >= 0.6 is 23.2 Å². The Labute approximate surface area is 115 Å². The minimum Gasteiger partial charge on any atom is -0.229 e. The highest BCUT2D eigenvalue weighted by molar-refractivity contribution is 7.92. The third-order valence-electron chi connectivity index (χ3n) is 2.88. The van der Waals surface area contributed by atoms with Crippen molar-refractivity contribution in [3.8, 4) is 0 Å². The van der Waals surface area contributed by atoms with Gasteiger partial charge in [0, 0.05) is 11.3 Å². The van der Waals surface area contributed by atoms with Gasteiger partial charge in [-0.2, -0.15) is 0 Å². The molecule has 1 atom stereocenters. The zero-order valence-corrected chi connectivity index (χ0v) is 12.3. The second kappa shape index (κ2) is 4.94. The van der Waals surface area contributed by atoms with E-state index in [4.69, 9.17) is 23.2 Å². The van der Waals surface area contributed by atoms with Crippen LogP contribution in [0.15, 0.2) is 12.1 Å². The summed E-state index contributed by atoms with van der Waals surface area (Å²) in [5.74, 6) is -2.23. The Balaban J connectivity index is 3.36. The van der Waals surface area contributed by atoms with E-state index >= 15 is 0 Å². The van der Waals surface area contributed by atoms with Crippen molar-refractivity contribution in [2.24, 2.45) is 0 Å². The monoisotopic (exact) mass is 316 g/mol. The fourth-order valence-corrected chi connectivity index (χ4v) is 2.78. The van der Waals surface area contributed by atoms with Gasteiger partial charge < -0.3 is 0 Å². The molecule has 1 aromatic rings. The van der Waals surface area contributed by atoms with Crippen LogP contribution in [0.3, 0.4) is 0 Å². The molecule has 0 radical (unpaired) electrons. The van der Waals surface area contributed by atoms with Gasteiger partial charge in [-0.25, -0.2) is 17.2 Å². The molecule has 0 saturated carbocycles. The molecule has 18 heavy (non-hydrogen) atoms. The number of benzene rings is 1. The smallest absolute Gasteiger partial charge is 0.160 e. The lowest BCUT2D eigenvalue weighted by Crippen LogP contribution is -2.35. The van der Waals surface area contributed by atoms with E-state index in [9.17, 15) is 17.2 Å². The Morgan fingerprint density at radius 1 is 1.22 bits per heavy atom. The Kier molecular flexibility index (Phi) is 4.30. The molecular weight excluding hydrogens is 305 g/mol. The molecule has 0 N–H and O–H groups in total. The van der Waals surface area contributed by atoms with Crippen LogP contribution in [0.2, 0.25) is 5.02 Å². The highest BCUT2D eigenvalue weighted by Gasteiger charge is 2.40. The Hall–Kier alpha value is -0.390. The zero-order chi connectivity index (χ0) is 14.3. The van der Waals surface area contributed by atoms with Crippen LogP contribution in [0.5, 0.6) is 0 Å². The lowest BCUT2D eigenvalue weighted by molar-refractivity contribution is 0.503. The average Bonchev–Trinajstić information content (AvgIpc) is 2.20. The Morgan fingerprint density at radius 3 is 2.11 bits per heavy atom. The van der Waals surface area contributed by atoms with Crippen molar-refractivity contribution < 1.29 is 17.2 Å². The van der Waals surface area contributed by atoms with E-state index in [1.807, 2.05) is 0 Å². The summed E-state index contributed by atoms with van der Waals surface area (Å²) in [5.41, 5.74) is 0.0488. The molecule has 0 spiro atoms. The first kappa shape index (κ1) is 15.7. The van der Waals surface area contributed by atoms with Crippen LogP contribution in [-0.4, -0.2) is 19.4 Å². The highest BCUT2D eigenvalue weighted by Crippen LogP contribution is 2.41. The lowest BCUT2D eigenvalue weighted by Gasteiger charge is -2.28. The van der Waals surface area contributed by atoms with Crippen molar-refractivity contribution in [3.05, 3.63) is 34.4 Å². The highest BCUT2D eigenvalue weighted by atomic mass is 35.5. The molecule has 0 amide bonds. The maximum atomic E-state index is 13.2. The molecule has 0 aliphatic rings. The van der Waals surface area contributed by atoms with Crippen LogP contribution < -0.4 is 0 Å². The average molecular weight is 317 g/mol. The second-order valence-electron chi connectivity index (χ2n) is 4.53. The Morgan fingerprint density at radius 2 is 1.67 bits per heavy atom. The van der Waals surface area contributed by atoms with Gasteiger partial charge in [0.1, 0.15) is 0 Å². The molecule has 0 saturated heterocycles. The summed E-state index contributed by atoms with van der Waals surface area (Å²) in [6, 6.07) is 1.60. The quantitative estimate of drug-likeness (QED) is 0.629. The summed E-state index contributed by atoms with van der Waals surface area (Å²) in [6.07, 6.45) is 1.02. The minimum atomic E-state index is -3.50. The first-order chi connectivity index (χ1) is 7.98. The van der Waals surface area contributed by atoms with Gasteiger partial charge in [0.05, 0.1) is 10.1 Å². The third-order valence-corrected chi connectivity index (χ3v) is 6.26. The fraction of sp³-hybridized carbons (Fsp3) is 0.455. The summed E-state index contributed by atoms with van der Waals surface area (Å²) in [4.78, 5) is 0. The number of sulfone groups is 1. The molecule has 2 nitrogen and oxygen atoms in total. The number of hydrogen-bond donors (Lipinski definition) is 0. The minimum absolute atomic E-state index is 0.0488. The first-order valence-corrected chi connectivity index (χ1v) is 7.67. The van der Waals surface area contributed by atoms with Crippen LogP contribution in [0.4, 0.5) is 8.78 Å². The molecule has 0 bridgehead atoms. The molecule has 1 rings (SSSR count). The first-order valence-electron chi connectivity index (χ1n) is 4.96. The van der Waals surface area contributed by atoms with E-state index in [0.717, 1.165) is 18.4 Å². The van der Waals surface area contributed by atoms with E-state index in [2.05, 4.69) is 0 Å². The van der Waals surface area contributed by atoms with Crippen LogP contribution in [0, 0.1) is 11.6 Å². The van der Waals surface area contributed by atoms with E-state index in [-0.39, 0.29) is 10.6 Å². The predicted molar refractivity (Wildman–Crippen MR) is 68.9 cm³/mol. The summed E-state index contributed by atoms with van der Waals surface area (Å²) < 4.78 is 48.0. The molecular formula is C11H12Cl2F2O2S. The maximum Gasteiger partial charge on any atom is 0.160 e. The normalized spacial score (nSPS) is 14.6. The van der Waals surface area contributed by atoms with Gasteiger partial charge in [0.2, 0.25) is 0 Å². The van der Waals surface area contributed by atoms with Crippen molar-refractivity contribution in [1.82, 2.24) is 0 Å². The lowest BCUT2D eigenvalue weighted by atomic mass is 10.0. The summed E-state index contributed by atoms with van der Waals surface area (Å²) in [5, 5.41) is -1.19. The number of halogens is 4. The van der Waals surface area contributed by atoms with Gasteiger partial charge in [-0.3, -0.25) is 0 Å². The summed E-state index contributed by atoms with van der Waals surface area (Å²) in [6.45, 7) is 2.80. The van der Waals surface area contributed by atoms with E-state index in [0.29, 0.717) is 0 Å². The van der Waals surface area contributed by atoms with Crippen LogP contribution in [0.25, 0.3) is 0 Å². The Bertz CT molecular complexity index is 571. The molecule has 0 aliphatic heterocycles. The molecule has 102 valence electrons. The largest absolute Gasteiger partial charge is 0.229 e. The van der Waals surface area contributed by atoms with Crippen molar-refractivity contribution in [3.63, 3.8) is 0 Å². The van der Waals surface area contributed by atoms with Crippen molar-refractivity contribution in [1.29, 1.82) is 0 Å². The van der Waals surface area contributed by atoms with Gasteiger partial charge in [0.15, 0.2) is 21.5 Å². The van der Waals surface area contributed by atoms with Crippen molar-refractivity contribution in [2.45, 2.75) is 24.0 Å². The van der Waals surface area contributed by atoms with E-state index in [1.165, 1.54) is 13.8 Å². The molecule has 0 fully saturated rings. The standard InChI is InChI=1S/C11H12Cl2F2O2S/c1-11(2,18(3,16)17)10(13)6-4-8(14)9(15)5-7(6)12/h4-5,10H,1-3H3. The predicted octanol–water partition coefficient (Wildman–Crippen LogP) is 3.72. The third kappa shape index (κ3) is 2.78. The second-order valence-corrected chi connectivity index (χ2v) is 7.97. The number of alkyl halides is 1. The fourth-order valence-electron chi connectivity index (χ4n) is 1.29. The van der Waals surface area contributed by atoms with Crippen molar-refractivity contribution in [2.75, 3.05) is 6.26 Å².